The van der Waals surface area contributed by atoms with Gasteiger partial charge in [-0.05, 0) is 30.3 Å². The Hall–Kier alpha value is -3.55. The number of hydrogen-bond donors (Lipinski definition) is 2. The van der Waals surface area contributed by atoms with Gasteiger partial charge in [0, 0.05) is 35.4 Å². The molecule has 1 aliphatic heterocycles. The zero-order chi connectivity index (χ0) is 20.1. The molecule has 1 aromatic heterocycles. The van der Waals surface area contributed by atoms with Gasteiger partial charge in [0.1, 0.15) is 5.70 Å². The molecule has 0 atom stereocenters. The van der Waals surface area contributed by atoms with Crippen LogP contribution in [0.3, 0.4) is 0 Å². The van der Waals surface area contributed by atoms with E-state index in [9.17, 15) is 22.8 Å². The number of H-pyrrole nitrogens is 1. The van der Waals surface area contributed by atoms with Crippen molar-refractivity contribution >= 4 is 34.0 Å². The number of imide groups is 1. The second-order valence-corrected chi connectivity index (χ2v) is 6.37. The fraction of sp³-hybridized carbons (Fsp3) is 0.100. The number of para-hydroxylation sites is 1. The highest BCUT2D eigenvalue weighted by molar-refractivity contribution is 6.37. The second kappa shape index (κ2) is 6.26. The number of nitrogens with one attached hydrogen (secondary N) is 2. The van der Waals surface area contributed by atoms with Gasteiger partial charge in [0.25, 0.3) is 11.8 Å². The first-order chi connectivity index (χ1) is 13.3. The first-order valence-corrected chi connectivity index (χ1v) is 8.35. The van der Waals surface area contributed by atoms with E-state index in [1.807, 2.05) is 24.3 Å². The molecule has 0 fully saturated rings. The van der Waals surface area contributed by atoms with Crippen molar-refractivity contribution in [2.24, 2.45) is 0 Å². The molecule has 2 heterocycles. The van der Waals surface area contributed by atoms with Crippen molar-refractivity contribution in [2.45, 2.75) is 6.18 Å². The van der Waals surface area contributed by atoms with Gasteiger partial charge in [0.2, 0.25) is 0 Å². The summed E-state index contributed by atoms with van der Waals surface area (Å²) in [5.74, 6) is -1.03. The van der Waals surface area contributed by atoms with E-state index in [1.54, 1.807) is 6.20 Å². The molecule has 2 aromatic carbocycles. The Morgan fingerprint density at radius 1 is 0.964 bits per heavy atom. The lowest BCUT2D eigenvalue weighted by molar-refractivity contribution is -0.138. The Bertz CT molecular complexity index is 1130. The fourth-order valence-electron chi connectivity index (χ4n) is 3.17. The van der Waals surface area contributed by atoms with Crippen LogP contribution in [-0.4, -0.2) is 28.7 Å². The number of halogens is 3. The van der Waals surface area contributed by atoms with Gasteiger partial charge in [0.15, 0.2) is 0 Å². The SMILES string of the molecule is CN1C(=O)C(Nc2ccc(C(F)(F)F)cc2)=C(c2c[nH]c3ccccc23)C1=O. The van der Waals surface area contributed by atoms with E-state index >= 15 is 0 Å². The van der Waals surface area contributed by atoms with Crippen LogP contribution < -0.4 is 5.32 Å². The number of amides is 2. The van der Waals surface area contributed by atoms with E-state index < -0.39 is 23.6 Å². The number of aromatic amines is 1. The van der Waals surface area contributed by atoms with E-state index in [1.165, 1.54) is 19.2 Å². The summed E-state index contributed by atoms with van der Waals surface area (Å²) in [5, 5.41) is 3.58. The van der Waals surface area contributed by atoms with Gasteiger partial charge >= 0.3 is 6.18 Å². The van der Waals surface area contributed by atoms with Crippen LogP contribution in [0.4, 0.5) is 18.9 Å². The molecular weight excluding hydrogens is 371 g/mol. The Morgan fingerprint density at radius 2 is 1.64 bits per heavy atom. The zero-order valence-electron chi connectivity index (χ0n) is 14.6. The molecular formula is C20H14F3N3O2. The maximum atomic E-state index is 12.7. The highest BCUT2D eigenvalue weighted by Crippen LogP contribution is 2.34. The summed E-state index contributed by atoms with van der Waals surface area (Å²) in [6.45, 7) is 0. The van der Waals surface area contributed by atoms with E-state index in [-0.39, 0.29) is 17.0 Å². The highest BCUT2D eigenvalue weighted by Gasteiger charge is 2.38. The molecule has 0 saturated heterocycles. The third-order valence-electron chi connectivity index (χ3n) is 4.63. The third kappa shape index (κ3) is 2.83. The lowest BCUT2D eigenvalue weighted by atomic mass is 10.0. The zero-order valence-corrected chi connectivity index (χ0v) is 14.6. The number of carbonyl (C=O) groups excluding carboxylic acids is 2. The molecule has 0 unspecified atom stereocenters. The first-order valence-electron chi connectivity index (χ1n) is 8.35. The minimum Gasteiger partial charge on any atom is -0.361 e. The van der Waals surface area contributed by atoms with Crippen LogP contribution in [0, 0.1) is 0 Å². The lowest BCUT2D eigenvalue weighted by Crippen LogP contribution is -2.27. The summed E-state index contributed by atoms with van der Waals surface area (Å²) in [5.41, 5.74) is 1.02. The lowest BCUT2D eigenvalue weighted by Gasteiger charge is -2.11. The van der Waals surface area contributed by atoms with Crippen molar-refractivity contribution in [1.29, 1.82) is 0 Å². The van der Waals surface area contributed by atoms with E-state index in [2.05, 4.69) is 10.3 Å². The molecule has 0 aliphatic carbocycles. The van der Waals surface area contributed by atoms with Crippen molar-refractivity contribution in [3.05, 3.63) is 71.6 Å². The molecule has 0 bridgehead atoms. The molecule has 1 aliphatic rings. The molecule has 28 heavy (non-hydrogen) atoms. The van der Waals surface area contributed by atoms with Gasteiger partial charge in [-0.1, -0.05) is 18.2 Å². The Morgan fingerprint density at radius 3 is 2.32 bits per heavy atom. The van der Waals surface area contributed by atoms with Gasteiger partial charge in [-0.3, -0.25) is 14.5 Å². The van der Waals surface area contributed by atoms with Gasteiger partial charge < -0.3 is 10.3 Å². The van der Waals surface area contributed by atoms with Gasteiger partial charge in [-0.25, -0.2) is 0 Å². The molecule has 2 amide bonds. The quantitative estimate of drug-likeness (QED) is 0.670. The first kappa shape index (κ1) is 17.8. The monoisotopic (exact) mass is 385 g/mol. The van der Waals surface area contributed by atoms with Crippen molar-refractivity contribution in [2.75, 3.05) is 12.4 Å². The summed E-state index contributed by atoms with van der Waals surface area (Å²) < 4.78 is 38.2. The van der Waals surface area contributed by atoms with Gasteiger partial charge in [-0.2, -0.15) is 13.2 Å². The topological polar surface area (TPSA) is 65.2 Å². The van der Waals surface area contributed by atoms with Crippen molar-refractivity contribution in [3.63, 3.8) is 0 Å². The Kier molecular flexibility index (Phi) is 3.99. The minimum atomic E-state index is -4.45. The summed E-state index contributed by atoms with van der Waals surface area (Å²) in [6.07, 6.45) is -2.81. The summed E-state index contributed by atoms with van der Waals surface area (Å²) in [4.78, 5) is 29.3. The smallest absolute Gasteiger partial charge is 0.361 e. The number of fused-ring (bicyclic) bond motifs is 1. The normalized spacial score (nSPS) is 15.1. The molecule has 0 spiro atoms. The summed E-state index contributed by atoms with van der Waals surface area (Å²) >= 11 is 0. The van der Waals surface area contributed by atoms with Crippen molar-refractivity contribution < 1.29 is 22.8 Å². The predicted octanol–water partition coefficient (Wildman–Crippen LogP) is 4.01. The van der Waals surface area contributed by atoms with Crippen LogP contribution in [0.1, 0.15) is 11.1 Å². The molecule has 0 saturated carbocycles. The van der Waals surface area contributed by atoms with Crippen LogP contribution >= 0.6 is 0 Å². The average molecular weight is 385 g/mol. The summed E-state index contributed by atoms with van der Waals surface area (Å²) in [7, 11) is 1.36. The van der Waals surface area contributed by atoms with Crippen molar-refractivity contribution in [1.82, 2.24) is 9.88 Å². The molecule has 4 rings (SSSR count). The predicted molar refractivity (Wildman–Crippen MR) is 98.1 cm³/mol. The number of anilines is 1. The maximum Gasteiger partial charge on any atom is 0.416 e. The number of aromatic nitrogens is 1. The van der Waals surface area contributed by atoms with E-state index in [0.29, 0.717) is 5.56 Å². The number of nitrogens with zero attached hydrogens (tertiary/aromatic N) is 1. The number of likely N-dealkylation sites (N-methyl/N-ethyl adjacent to an activating group) is 1. The van der Waals surface area contributed by atoms with Gasteiger partial charge in [0.05, 0.1) is 11.1 Å². The maximum absolute atomic E-state index is 12.7. The molecule has 3 aromatic rings. The number of alkyl halides is 3. The third-order valence-corrected chi connectivity index (χ3v) is 4.63. The van der Waals surface area contributed by atoms with E-state index in [4.69, 9.17) is 0 Å². The standard InChI is InChI=1S/C20H14F3N3O2/c1-26-18(27)16(14-10-24-15-5-3-2-4-13(14)15)17(19(26)28)25-12-8-6-11(7-9-12)20(21,22)23/h2-10,24-25H,1H3. The van der Waals surface area contributed by atoms with Crippen LogP contribution in [0.25, 0.3) is 16.5 Å². The molecule has 0 radical (unpaired) electrons. The molecule has 8 heteroatoms. The van der Waals surface area contributed by atoms with Gasteiger partial charge in [-0.15, -0.1) is 0 Å². The molecule has 5 nitrogen and oxygen atoms in total. The Balaban J connectivity index is 1.79. The minimum absolute atomic E-state index is 0.0250. The molecule has 142 valence electrons. The molecule has 2 N–H and O–H groups in total. The van der Waals surface area contributed by atoms with Crippen molar-refractivity contribution in [3.8, 4) is 0 Å². The number of hydrogen-bond acceptors (Lipinski definition) is 3. The van der Waals surface area contributed by atoms with E-state index in [0.717, 1.165) is 27.9 Å². The number of benzene rings is 2. The number of carbonyl (C=O) groups is 2. The number of rotatable bonds is 3. The Labute approximate surface area is 157 Å². The largest absolute Gasteiger partial charge is 0.416 e. The fourth-order valence-corrected chi connectivity index (χ4v) is 3.17. The highest BCUT2D eigenvalue weighted by atomic mass is 19.4. The average Bonchev–Trinajstić information content (AvgIpc) is 3.17. The van der Waals surface area contributed by atoms with Crippen LogP contribution in [0.15, 0.2) is 60.4 Å². The van der Waals surface area contributed by atoms with Crippen LogP contribution in [0.5, 0.6) is 0 Å². The van der Waals surface area contributed by atoms with Crippen LogP contribution in [0.2, 0.25) is 0 Å². The summed E-state index contributed by atoms with van der Waals surface area (Å²) in [6, 6.07) is 11.6. The van der Waals surface area contributed by atoms with Crippen LogP contribution in [-0.2, 0) is 15.8 Å². The second-order valence-electron chi connectivity index (χ2n) is 6.37.